The van der Waals surface area contributed by atoms with Gasteiger partial charge < -0.3 is 15.0 Å². The summed E-state index contributed by atoms with van der Waals surface area (Å²) in [5, 5.41) is 7.67. The number of guanidine groups is 1. The smallest absolute Gasteiger partial charge is 0.194 e. The second-order valence-electron chi connectivity index (χ2n) is 6.42. The van der Waals surface area contributed by atoms with Crippen molar-refractivity contribution in [3.05, 3.63) is 18.0 Å². The van der Waals surface area contributed by atoms with Crippen LogP contribution in [-0.2, 0) is 11.8 Å². The lowest BCUT2D eigenvalue weighted by molar-refractivity contribution is -0.00804. The molecule has 7 heteroatoms. The molecule has 1 aliphatic heterocycles. The van der Waals surface area contributed by atoms with Gasteiger partial charge in [-0.15, -0.1) is 24.0 Å². The van der Waals surface area contributed by atoms with Crippen molar-refractivity contribution in [3.8, 4) is 0 Å². The summed E-state index contributed by atoms with van der Waals surface area (Å²) in [6, 6.07) is 0. The molecule has 0 aromatic carbocycles. The van der Waals surface area contributed by atoms with Crippen LogP contribution in [0.5, 0.6) is 0 Å². The zero-order chi connectivity index (χ0) is 15.5. The van der Waals surface area contributed by atoms with Crippen LogP contribution in [0.25, 0.3) is 0 Å². The van der Waals surface area contributed by atoms with E-state index in [0.29, 0.717) is 0 Å². The topological polar surface area (TPSA) is 54.7 Å². The first kappa shape index (κ1) is 18.5. The first-order chi connectivity index (χ1) is 10.7. The summed E-state index contributed by atoms with van der Waals surface area (Å²) in [5.41, 5.74) is 1.14. The summed E-state index contributed by atoms with van der Waals surface area (Å²) in [6.07, 6.45) is 5.32. The first-order valence-electron chi connectivity index (χ1n) is 8.30. The minimum absolute atomic E-state index is 0. The lowest BCUT2D eigenvalue weighted by atomic mass is 10.1. The lowest BCUT2D eigenvalue weighted by Crippen LogP contribution is -2.48. The van der Waals surface area contributed by atoms with Crippen LogP contribution < -0.4 is 5.32 Å². The minimum Gasteiger partial charge on any atom is -0.370 e. The molecule has 0 bridgehead atoms. The van der Waals surface area contributed by atoms with Crippen molar-refractivity contribution >= 4 is 29.9 Å². The Morgan fingerprint density at radius 1 is 1.52 bits per heavy atom. The van der Waals surface area contributed by atoms with E-state index in [1.54, 1.807) is 0 Å². The number of aliphatic imine (C=N–C) groups is 1. The molecule has 0 amide bonds. The van der Waals surface area contributed by atoms with Crippen LogP contribution in [0, 0.1) is 11.8 Å². The maximum Gasteiger partial charge on any atom is 0.194 e. The van der Waals surface area contributed by atoms with Gasteiger partial charge in [-0.25, -0.2) is 0 Å². The Balaban J connectivity index is 0.00000192. The predicted molar refractivity (Wildman–Crippen MR) is 102 cm³/mol. The molecule has 3 unspecified atom stereocenters. The fourth-order valence-electron chi connectivity index (χ4n) is 2.93. The summed E-state index contributed by atoms with van der Waals surface area (Å²) in [5.74, 6) is 2.65. The Hall–Kier alpha value is -0.830. The van der Waals surface area contributed by atoms with E-state index < -0.39 is 0 Å². The second-order valence-corrected chi connectivity index (χ2v) is 6.42. The van der Waals surface area contributed by atoms with Gasteiger partial charge in [-0.1, -0.05) is 6.92 Å². The Morgan fingerprint density at radius 2 is 2.30 bits per heavy atom. The van der Waals surface area contributed by atoms with Gasteiger partial charge in [-0.2, -0.15) is 5.10 Å². The van der Waals surface area contributed by atoms with E-state index in [1.165, 1.54) is 6.42 Å². The van der Waals surface area contributed by atoms with Gasteiger partial charge >= 0.3 is 0 Å². The Labute approximate surface area is 155 Å². The number of ether oxygens (including phenoxy) is 1. The van der Waals surface area contributed by atoms with Crippen molar-refractivity contribution in [2.24, 2.45) is 23.9 Å². The lowest BCUT2D eigenvalue weighted by Gasteiger charge is -2.34. The number of hydrogen-bond acceptors (Lipinski definition) is 3. The van der Waals surface area contributed by atoms with E-state index in [9.17, 15) is 0 Å². The quantitative estimate of drug-likeness (QED) is 0.449. The molecule has 130 valence electrons. The van der Waals surface area contributed by atoms with E-state index in [0.717, 1.165) is 56.1 Å². The maximum atomic E-state index is 5.91. The summed E-state index contributed by atoms with van der Waals surface area (Å²) < 4.78 is 7.74. The van der Waals surface area contributed by atoms with Crippen molar-refractivity contribution in [3.63, 3.8) is 0 Å². The molecular formula is C16H28IN5O. The third kappa shape index (κ3) is 4.82. The normalized spacial score (nSPS) is 27.5. The number of nitrogens with one attached hydrogen (secondary N) is 1. The van der Waals surface area contributed by atoms with E-state index in [-0.39, 0.29) is 30.1 Å². The van der Waals surface area contributed by atoms with Crippen molar-refractivity contribution < 1.29 is 4.74 Å². The molecular weight excluding hydrogens is 405 g/mol. The fraction of sp³-hybridized carbons (Fsp3) is 0.750. The number of aromatic nitrogens is 2. The first-order valence-corrected chi connectivity index (χ1v) is 8.30. The van der Waals surface area contributed by atoms with Crippen molar-refractivity contribution in [1.82, 2.24) is 20.0 Å². The van der Waals surface area contributed by atoms with Crippen LogP contribution in [0.15, 0.2) is 17.4 Å². The number of hydrogen-bond donors (Lipinski definition) is 1. The summed E-state index contributed by atoms with van der Waals surface area (Å²) in [4.78, 5) is 7.16. The van der Waals surface area contributed by atoms with Crippen LogP contribution in [0.1, 0.15) is 31.9 Å². The van der Waals surface area contributed by atoms with Gasteiger partial charge in [0.05, 0.1) is 19.3 Å². The third-order valence-corrected chi connectivity index (χ3v) is 4.55. The molecule has 6 nitrogen and oxygen atoms in total. The monoisotopic (exact) mass is 433 g/mol. The SMILES string of the molecule is CCNC(=NCC1CC1C)N1CCOC(c2cnn(C)c2)C1.I. The van der Waals surface area contributed by atoms with Crippen LogP contribution in [0.3, 0.4) is 0 Å². The molecule has 1 aromatic rings. The highest BCUT2D eigenvalue weighted by atomic mass is 127. The van der Waals surface area contributed by atoms with Crippen LogP contribution in [-0.4, -0.2) is 53.4 Å². The summed E-state index contributed by atoms with van der Waals surface area (Å²) in [7, 11) is 1.94. The van der Waals surface area contributed by atoms with Crippen LogP contribution >= 0.6 is 24.0 Å². The second kappa shape index (κ2) is 8.32. The molecule has 0 radical (unpaired) electrons. The van der Waals surface area contributed by atoms with E-state index in [4.69, 9.17) is 9.73 Å². The highest BCUT2D eigenvalue weighted by molar-refractivity contribution is 14.0. The van der Waals surface area contributed by atoms with Gasteiger partial charge in [0.15, 0.2) is 5.96 Å². The van der Waals surface area contributed by atoms with Gasteiger partial charge in [0, 0.05) is 38.4 Å². The number of morpholine rings is 1. The fourth-order valence-corrected chi connectivity index (χ4v) is 2.93. The van der Waals surface area contributed by atoms with Crippen LogP contribution in [0.2, 0.25) is 0 Å². The molecule has 1 aromatic heterocycles. The summed E-state index contributed by atoms with van der Waals surface area (Å²) in [6.45, 7) is 8.71. The number of nitrogens with zero attached hydrogens (tertiary/aromatic N) is 4. The van der Waals surface area contributed by atoms with Gasteiger partial charge in [0.25, 0.3) is 0 Å². The third-order valence-electron chi connectivity index (χ3n) is 4.55. The average molecular weight is 433 g/mol. The van der Waals surface area contributed by atoms with Gasteiger partial charge in [0.2, 0.25) is 0 Å². The molecule has 0 spiro atoms. The molecule has 1 saturated carbocycles. The molecule has 1 N–H and O–H groups in total. The van der Waals surface area contributed by atoms with Gasteiger partial charge in [-0.3, -0.25) is 9.67 Å². The van der Waals surface area contributed by atoms with Crippen molar-refractivity contribution in [1.29, 1.82) is 0 Å². The molecule has 1 aliphatic carbocycles. The van der Waals surface area contributed by atoms with Crippen LogP contribution in [0.4, 0.5) is 0 Å². The predicted octanol–water partition coefficient (Wildman–Crippen LogP) is 2.03. The zero-order valence-electron chi connectivity index (χ0n) is 14.2. The Morgan fingerprint density at radius 3 is 2.91 bits per heavy atom. The van der Waals surface area contributed by atoms with Crippen molar-refractivity contribution in [2.75, 3.05) is 32.8 Å². The number of rotatable bonds is 4. The van der Waals surface area contributed by atoms with Gasteiger partial charge in [0.1, 0.15) is 6.10 Å². The maximum absolute atomic E-state index is 5.91. The molecule has 3 rings (SSSR count). The molecule has 2 heterocycles. The van der Waals surface area contributed by atoms with E-state index in [1.807, 2.05) is 24.1 Å². The molecule has 2 fully saturated rings. The van der Waals surface area contributed by atoms with Gasteiger partial charge in [-0.05, 0) is 25.2 Å². The highest BCUT2D eigenvalue weighted by Gasteiger charge is 2.32. The Kier molecular flexibility index (Phi) is 6.70. The minimum atomic E-state index is 0. The molecule has 1 saturated heterocycles. The Bertz CT molecular complexity index is 532. The zero-order valence-corrected chi connectivity index (χ0v) is 16.6. The highest BCUT2D eigenvalue weighted by Crippen LogP contribution is 2.37. The molecule has 23 heavy (non-hydrogen) atoms. The van der Waals surface area contributed by atoms with E-state index >= 15 is 0 Å². The standard InChI is InChI=1S/C16H27N5O.HI/c1-4-17-16(18-8-13-7-12(13)2)21-5-6-22-15(11-21)14-9-19-20(3)10-14;/h9-10,12-13,15H,4-8,11H2,1-3H3,(H,17,18);1H. The number of halogens is 1. The molecule has 2 aliphatic rings. The summed E-state index contributed by atoms with van der Waals surface area (Å²) >= 11 is 0. The number of aryl methyl sites for hydroxylation is 1. The largest absolute Gasteiger partial charge is 0.370 e. The van der Waals surface area contributed by atoms with Crippen molar-refractivity contribution in [2.45, 2.75) is 26.4 Å². The average Bonchev–Trinajstić information content (AvgIpc) is 3.05. The van der Waals surface area contributed by atoms with E-state index in [2.05, 4.69) is 29.2 Å². The molecule has 3 atom stereocenters.